The fourth-order valence-electron chi connectivity index (χ4n) is 3.52. The number of hydrogen-bond donors (Lipinski definition) is 0. The summed E-state index contributed by atoms with van der Waals surface area (Å²) in [5.41, 5.74) is 4.87. The fraction of sp³-hybridized carbons (Fsp3) is 0.333. The summed E-state index contributed by atoms with van der Waals surface area (Å²) in [6.07, 6.45) is 4.41. The summed E-state index contributed by atoms with van der Waals surface area (Å²) in [7, 11) is 1.59. The third-order valence-corrected chi connectivity index (χ3v) is 5.16. The quantitative estimate of drug-likeness (QED) is 0.579. The molecule has 0 saturated carbocycles. The van der Waals surface area contributed by atoms with Gasteiger partial charge in [0.25, 0.3) is 0 Å². The highest BCUT2D eigenvalue weighted by atomic mass is 35.5. The van der Waals surface area contributed by atoms with E-state index in [0.29, 0.717) is 17.2 Å². The van der Waals surface area contributed by atoms with Gasteiger partial charge in [-0.25, -0.2) is 4.39 Å². The molecule has 24 heavy (non-hydrogen) atoms. The lowest BCUT2D eigenvalue weighted by atomic mass is 9.78. The van der Waals surface area contributed by atoms with Crippen molar-refractivity contribution in [2.75, 3.05) is 7.11 Å². The topological polar surface area (TPSA) is 9.23 Å². The van der Waals surface area contributed by atoms with Crippen molar-refractivity contribution < 1.29 is 9.13 Å². The van der Waals surface area contributed by atoms with E-state index < -0.39 is 0 Å². The zero-order valence-electron chi connectivity index (χ0n) is 14.3. The van der Waals surface area contributed by atoms with Crippen LogP contribution in [0.15, 0.2) is 42.5 Å². The van der Waals surface area contributed by atoms with E-state index in [9.17, 15) is 4.39 Å². The summed E-state index contributed by atoms with van der Waals surface area (Å²) in [6.45, 7) is 4.48. The molecule has 126 valence electrons. The van der Waals surface area contributed by atoms with E-state index in [-0.39, 0.29) is 11.2 Å². The van der Waals surface area contributed by atoms with E-state index in [1.165, 1.54) is 11.6 Å². The Morgan fingerprint density at radius 2 is 1.96 bits per heavy atom. The molecule has 0 radical (unpaired) electrons. The van der Waals surface area contributed by atoms with Gasteiger partial charge in [0.1, 0.15) is 11.6 Å². The van der Waals surface area contributed by atoms with E-state index in [4.69, 9.17) is 16.3 Å². The van der Waals surface area contributed by atoms with Gasteiger partial charge in [-0.1, -0.05) is 38.1 Å². The average Bonchev–Trinajstić information content (AvgIpc) is 2.93. The van der Waals surface area contributed by atoms with Crippen LogP contribution < -0.4 is 4.74 Å². The predicted octanol–water partition coefficient (Wildman–Crippen LogP) is 6.44. The molecule has 3 heteroatoms. The maximum absolute atomic E-state index is 14.6. The van der Waals surface area contributed by atoms with Crippen LogP contribution in [0.5, 0.6) is 5.75 Å². The number of alkyl halides is 1. The Morgan fingerprint density at radius 3 is 2.58 bits per heavy atom. The third kappa shape index (κ3) is 2.95. The maximum Gasteiger partial charge on any atom is 0.131 e. The van der Waals surface area contributed by atoms with Gasteiger partial charge in [-0.05, 0) is 58.7 Å². The fourth-order valence-corrected chi connectivity index (χ4v) is 3.74. The zero-order valence-corrected chi connectivity index (χ0v) is 15.1. The molecule has 0 spiro atoms. The monoisotopic (exact) mass is 344 g/mol. The van der Waals surface area contributed by atoms with Gasteiger partial charge in [-0.15, -0.1) is 11.6 Å². The van der Waals surface area contributed by atoms with Crippen molar-refractivity contribution in [1.29, 1.82) is 0 Å². The number of methoxy groups -OCH3 is 1. The summed E-state index contributed by atoms with van der Waals surface area (Å²) >= 11 is 6.22. The number of ether oxygens (including phenoxy) is 1. The van der Waals surface area contributed by atoms with Crippen LogP contribution in [-0.4, -0.2) is 7.11 Å². The Bertz CT molecular complexity index is 792. The normalized spacial score (nSPS) is 16.1. The first-order valence-corrected chi connectivity index (χ1v) is 8.74. The molecule has 0 fully saturated rings. The van der Waals surface area contributed by atoms with Crippen LogP contribution in [0.2, 0.25) is 0 Å². The summed E-state index contributed by atoms with van der Waals surface area (Å²) in [4.78, 5) is 0. The van der Waals surface area contributed by atoms with Crippen LogP contribution in [0.1, 0.15) is 37.8 Å². The molecule has 0 atom stereocenters. The van der Waals surface area contributed by atoms with E-state index in [1.54, 1.807) is 19.2 Å². The van der Waals surface area contributed by atoms with Crippen molar-refractivity contribution in [2.45, 2.75) is 32.6 Å². The molecular formula is C21H22ClFO. The van der Waals surface area contributed by atoms with E-state index >= 15 is 0 Å². The van der Waals surface area contributed by atoms with Crippen LogP contribution in [0, 0.1) is 11.2 Å². The average molecular weight is 345 g/mol. The van der Waals surface area contributed by atoms with Crippen molar-refractivity contribution in [3.63, 3.8) is 0 Å². The van der Waals surface area contributed by atoms with E-state index in [1.807, 2.05) is 18.2 Å². The lowest BCUT2D eigenvalue weighted by Crippen LogP contribution is -2.11. The molecule has 2 aromatic carbocycles. The SMILES string of the molecule is COc1ccc(F)c(-c2cccc(CCl)c2C2=CCCC2(C)C)c1. The van der Waals surface area contributed by atoms with Crippen LogP contribution in [0.4, 0.5) is 4.39 Å². The van der Waals surface area contributed by atoms with Gasteiger partial charge >= 0.3 is 0 Å². The molecule has 0 aromatic heterocycles. The summed E-state index contributed by atoms with van der Waals surface area (Å²) in [5.74, 6) is 0.802. The first-order valence-electron chi connectivity index (χ1n) is 8.20. The maximum atomic E-state index is 14.6. The molecule has 2 aromatic rings. The minimum absolute atomic E-state index is 0.0618. The molecule has 1 nitrogen and oxygen atoms in total. The molecular weight excluding hydrogens is 323 g/mol. The van der Waals surface area contributed by atoms with Gasteiger partial charge in [0.05, 0.1) is 7.11 Å². The van der Waals surface area contributed by atoms with Gasteiger partial charge in [0.15, 0.2) is 0 Å². The molecule has 0 heterocycles. The standard InChI is InChI=1S/C21H22ClFO/c1-21(2)11-5-8-18(21)20-14(13-22)6-4-7-16(20)17-12-15(24-3)9-10-19(17)23/h4,6-10,12H,5,11,13H2,1-3H3. The summed E-state index contributed by atoms with van der Waals surface area (Å²) in [6, 6.07) is 10.8. The molecule has 0 N–H and O–H groups in total. The van der Waals surface area contributed by atoms with Crippen molar-refractivity contribution in [3.05, 3.63) is 59.4 Å². The summed E-state index contributed by atoms with van der Waals surface area (Å²) < 4.78 is 19.9. The van der Waals surface area contributed by atoms with Crippen molar-refractivity contribution in [3.8, 4) is 16.9 Å². The summed E-state index contributed by atoms with van der Waals surface area (Å²) in [5, 5.41) is 0. The van der Waals surface area contributed by atoms with Crippen LogP contribution in [0.3, 0.4) is 0 Å². The molecule has 0 aliphatic heterocycles. The third-order valence-electron chi connectivity index (χ3n) is 4.87. The minimum Gasteiger partial charge on any atom is -0.497 e. The first kappa shape index (κ1) is 17.0. The Balaban J connectivity index is 2.27. The highest BCUT2D eigenvalue weighted by Crippen LogP contribution is 2.48. The number of benzene rings is 2. The van der Waals surface area contributed by atoms with Gasteiger partial charge in [-0.3, -0.25) is 0 Å². The van der Waals surface area contributed by atoms with E-state index in [0.717, 1.165) is 29.5 Å². The second-order valence-corrected chi connectivity index (χ2v) is 7.13. The van der Waals surface area contributed by atoms with Gasteiger partial charge < -0.3 is 4.74 Å². The lowest BCUT2D eigenvalue weighted by molar-refractivity contribution is 0.414. The zero-order chi connectivity index (χ0) is 17.3. The molecule has 1 aliphatic rings. The Hall–Kier alpha value is -1.80. The number of hydrogen-bond acceptors (Lipinski definition) is 1. The Kier molecular flexibility index (Phi) is 4.69. The van der Waals surface area contributed by atoms with Gasteiger partial charge in [0, 0.05) is 11.4 Å². The van der Waals surface area contributed by atoms with Crippen LogP contribution >= 0.6 is 11.6 Å². The van der Waals surface area contributed by atoms with Gasteiger partial charge in [-0.2, -0.15) is 0 Å². The number of halogens is 2. The van der Waals surface area contributed by atoms with E-state index in [2.05, 4.69) is 19.9 Å². The van der Waals surface area contributed by atoms with Crippen molar-refractivity contribution in [2.24, 2.45) is 5.41 Å². The number of allylic oxidation sites excluding steroid dienone is 2. The smallest absolute Gasteiger partial charge is 0.131 e. The highest BCUT2D eigenvalue weighted by molar-refractivity contribution is 6.17. The lowest BCUT2D eigenvalue weighted by Gasteiger charge is -2.26. The molecule has 0 amide bonds. The predicted molar refractivity (Wildman–Crippen MR) is 98.9 cm³/mol. The second-order valence-electron chi connectivity index (χ2n) is 6.86. The highest BCUT2D eigenvalue weighted by Gasteiger charge is 2.31. The minimum atomic E-state index is -0.250. The number of rotatable bonds is 4. The molecule has 0 bridgehead atoms. The van der Waals surface area contributed by atoms with Crippen LogP contribution in [-0.2, 0) is 5.88 Å². The molecule has 0 saturated heterocycles. The molecule has 1 aliphatic carbocycles. The van der Waals surface area contributed by atoms with Gasteiger partial charge in [0.2, 0.25) is 0 Å². The first-order chi connectivity index (χ1) is 11.5. The van der Waals surface area contributed by atoms with Crippen LogP contribution in [0.25, 0.3) is 16.7 Å². The molecule has 3 rings (SSSR count). The Morgan fingerprint density at radius 1 is 1.17 bits per heavy atom. The second kappa shape index (κ2) is 6.60. The Labute approximate surface area is 148 Å². The van der Waals surface area contributed by atoms with Crippen molar-refractivity contribution in [1.82, 2.24) is 0 Å². The van der Waals surface area contributed by atoms with Crippen molar-refractivity contribution >= 4 is 17.2 Å². The largest absolute Gasteiger partial charge is 0.497 e. The molecule has 0 unspecified atom stereocenters.